The van der Waals surface area contributed by atoms with Crippen LogP contribution in [0, 0.1) is 0 Å². The van der Waals surface area contributed by atoms with E-state index in [4.69, 9.17) is 9.47 Å². The highest BCUT2D eigenvalue weighted by molar-refractivity contribution is 5.94. The summed E-state index contributed by atoms with van der Waals surface area (Å²) in [6, 6.07) is 12.6. The highest BCUT2D eigenvalue weighted by Crippen LogP contribution is 2.39. The van der Waals surface area contributed by atoms with Crippen LogP contribution in [0.25, 0.3) is 11.1 Å². The molecule has 1 aliphatic rings. The number of nitrogens with zero attached hydrogens (tertiary/aromatic N) is 1. The molecule has 0 spiro atoms. The van der Waals surface area contributed by atoms with Gasteiger partial charge in [0.2, 0.25) is 5.91 Å². The summed E-state index contributed by atoms with van der Waals surface area (Å²) in [4.78, 5) is 38.3. The van der Waals surface area contributed by atoms with Crippen LogP contribution in [0.1, 0.15) is 63.0 Å². The van der Waals surface area contributed by atoms with Gasteiger partial charge in [-0.2, -0.15) is 0 Å². The van der Waals surface area contributed by atoms with E-state index < -0.39 is 6.09 Å². The summed E-state index contributed by atoms with van der Waals surface area (Å²) in [5, 5.41) is 2.95. The molecule has 1 aliphatic heterocycles. The smallest absolute Gasteiger partial charge is 0.407 e. The van der Waals surface area contributed by atoms with E-state index in [-0.39, 0.29) is 30.1 Å². The molecular weight excluding hydrogens is 408 g/mol. The molecule has 1 N–H and O–H groups in total. The Kier molecular flexibility index (Phi) is 7.18. The molecule has 7 heteroatoms. The lowest BCUT2D eigenvalue weighted by molar-refractivity contribution is -0.117. The van der Waals surface area contributed by atoms with E-state index in [1.54, 1.807) is 44.7 Å². The lowest BCUT2D eigenvalue weighted by atomic mass is 9.89. The van der Waals surface area contributed by atoms with Crippen molar-refractivity contribution >= 4 is 23.7 Å². The van der Waals surface area contributed by atoms with Crippen LogP contribution in [0.3, 0.4) is 0 Å². The lowest BCUT2D eigenvalue weighted by Gasteiger charge is -2.39. The Balaban J connectivity index is 1.97. The Morgan fingerprint density at radius 1 is 1.09 bits per heavy atom. The number of ether oxygens (including phenoxy) is 2. The number of fused-ring (bicyclic) bond motifs is 1. The van der Waals surface area contributed by atoms with Gasteiger partial charge in [-0.3, -0.25) is 4.79 Å². The Morgan fingerprint density at radius 3 is 2.34 bits per heavy atom. The minimum absolute atomic E-state index is 0.0477. The summed E-state index contributed by atoms with van der Waals surface area (Å²) in [7, 11) is 0. The van der Waals surface area contributed by atoms with Crippen LogP contribution < -0.4 is 10.2 Å². The maximum atomic E-state index is 12.3. The fourth-order valence-corrected chi connectivity index (χ4v) is 4.06. The van der Waals surface area contributed by atoms with Gasteiger partial charge in [0.25, 0.3) is 0 Å². The molecule has 2 amide bonds. The van der Waals surface area contributed by atoms with Crippen molar-refractivity contribution in [1.82, 2.24) is 5.32 Å². The number of hydrogen-bond acceptors (Lipinski definition) is 5. The van der Waals surface area contributed by atoms with E-state index in [0.29, 0.717) is 18.6 Å². The van der Waals surface area contributed by atoms with Crippen molar-refractivity contribution in [3.05, 3.63) is 53.6 Å². The number of alkyl carbamates (subject to hydrolysis) is 1. The zero-order chi connectivity index (χ0) is 23.4. The maximum Gasteiger partial charge on any atom is 0.407 e. The number of benzene rings is 2. The Labute approximate surface area is 188 Å². The zero-order valence-corrected chi connectivity index (χ0v) is 19.2. The van der Waals surface area contributed by atoms with Crippen molar-refractivity contribution in [2.75, 3.05) is 11.5 Å². The van der Waals surface area contributed by atoms with Gasteiger partial charge < -0.3 is 19.7 Å². The van der Waals surface area contributed by atoms with Gasteiger partial charge in [-0.25, -0.2) is 9.59 Å². The van der Waals surface area contributed by atoms with Crippen molar-refractivity contribution < 1.29 is 23.9 Å². The van der Waals surface area contributed by atoms with Crippen LogP contribution >= 0.6 is 0 Å². The number of nitrogens with one attached hydrogen (secondary N) is 1. The van der Waals surface area contributed by atoms with Crippen LogP contribution in [0.2, 0.25) is 0 Å². The Morgan fingerprint density at radius 2 is 1.75 bits per heavy atom. The van der Waals surface area contributed by atoms with Gasteiger partial charge >= 0.3 is 12.1 Å². The molecule has 2 unspecified atom stereocenters. The van der Waals surface area contributed by atoms with Gasteiger partial charge in [-0.15, -0.1) is 0 Å². The first-order chi connectivity index (χ1) is 15.2. The molecule has 7 nitrogen and oxygen atoms in total. The van der Waals surface area contributed by atoms with Crippen LogP contribution in [0.4, 0.5) is 10.5 Å². The molecule has 0 aromatic heterocycles. The molecule has 32 heavy (non-hydrogen) atoms. The topological polar surface area (TPSA) is 84.9 Å². The Bertz CT molecular complexity index is 1000. The molecule has 2 aromatic rings. The van der Waals surface area contributed by atoms with Crippen molar-refractivity contribution in [3.63, 3.8) is 0 Å². The summed E-state index contributed by atoms with van der Waals surface area (Å²) in [6.45, 7) is 9.20. The number of amides is 2. The highest BCUT2D eigenvalue weighted by Gasteiger charge is 2.33. The molecule has 0 aliphatic carbocycles. The van der Waals surface area contributed by atoms with E-state index in [0.717, 1.165) is 22.4 Å². The van der Waals surface area contributed by atoms with Crippen LogP contribution in [-0.4, -0.2) is 36.7 Å². The highest BCUT2D eigenvalue weighted by atomic mass is 16.6. The molecule has 0 fully saturated rings. The van der Waals surface area contributed by atoms with Crippen molar-refractivity contribution in [2.45, 2.75) is 59.2 Å². The van der Waals surface area contributed by atoms with Gasteiger partial charge in [-0.1, -0.05) is 18.2 Å². The largest absolute Gasteiger partial charge is 0.462 e. The minimum Gasteiger partial charge on any atom is -0.462 e. The van der Waals surface area contributed by atoms with E-state index in [1.165, 1.54) is 0 Å². The monoisotopic (exact) mass is 438 g/mol. The molecule has 1 heterocycles. The molecule has 0 radical (unpaired) electrons. The van der Waals surface area contributed by atoms with Gasteiger partial charge in [0.05, 0.1) is 24.3 Å². The number of esters is 1. The molecule has 2 atom stereocenters. The third-order valence-corrected chi connectivity index (χ3v) is 5.38. The first kappa shape index (κ1) is 23.3. The number of hydrogen-bond donors (Lipinski definition) is 1. The van der Waals surface area contributed by atoms with Gasteiger partial charge in [-0.05, 0) is 75.1 Å². The first-order valence-electron chi connectivity index (χ1n) is 10.9. The third-order valence-electron chi connectivity index (χ3n) is 5.38. The predicted molar refractivity (Wildman–Crippen MR) is 123 cm³/mol. The zero-order valence-electron chi connectivity index (χ0n) is 19.2. The number of carbonyl (C=O) groups is 3. The Hall–Kier alpha value is -3.35. The van der Waals surface area contributed by atoms with Gasteiger partial charge in [0, 0.05) is 18.7 Å². The molecule has 0 bridgehead atoms. The third kappa shape index (κ3) is 5.10. The van der Waals surface area contributed by atoms with Crippen molar-refractivity contribution in [2.24, 2.45) is 0 Å². The number of carbonyl (C=O) groups excluding carboxylic acids is 3. The summed E-state index contributed by atoms with van der Waals surface area (Å²) in [6.07, 6.45) is -0.137. The second-order valence-electron chi connectivity index (χ2n) is 8.20. The minimum atomic E-state index is -0.483. The molecular formula is C25H30N2O5. The fraction of sp³-hybridized carbons (Fsp3) is 0.400. The van der Waals surface area contributed by atoms with Crippen LogP contribution in [0.15, 0.2) is 42.5 Å². The summed E-state index contributed by atoms with van der Waals surface area (Å²) in [5.41, 5.74) is 3.95. The quantitative estimate of drug-likeness (QED) is 0.675. The average molecular weight is 439 g/mol. The van der Waals surface area contributed by atoms with Crippen LogP contribution in [0.5, 0.6) is 0 Å². The normalized spacial score (nSPS) is 17.5. The van der Waals surface area contributed by atoms with E-state index >= 15 is 0 Å². The first-order valence-corrected chi connectivity index (χ1v) is 10.9. The number of rotatable bonds is 5. The average Bonchev–Trinajstić information content (AvgIpc) is 2.73. The van der Waals surface area contributed by atoms with Gasteiger partial charge in [0.15, 0.2) is 0 Å². The second-order valence-corrected chi connectivity index (χ2v) is 8.20. The van der Waals surface area contributed by atoms with Crippen molar-refractivity contribution in [1.29, 1.82) is 0 Å². The molecule has 0 saturated heterocycles. The lowest BCUT2D eigenvalue weighted by Crippen LogP contribution is -2.45. The number of anilines is 1. The molecule has 170 valence electrons. The second kappa shape index (κ2) is 9.85. The van der Waals surface area contributed by atoms with Crippen LogP contribution in [-0.2, 0) is 14.3 Å². The molecule has 2 aromatic carbocycles. The summed E-state index contributed by atoms with van der Waals surface area (Å²) < 4.78 is 10.3. The molecule has 3 rings (SSSR count). The fourth-order valence-electron chi connectivity index (χ4n) is 4.06. The predicted octanol–water partition coefficient (Wildman–Crippen LogP) is 4.85. The van der Waals surface area contributed by atoms with E-state index in [1.807, 2.05) is 37.3 Å². The molecule has 0 saturated carbocycles. The standard InChI is InChI=1S/C25H30N2O5/c1-6-31-24(29)19-9-7-18(8-10-19)20-11-12-23-21(14-20)22(26-25(30)32-15(2)3)13-16(4)27(23)17(5)28/h7-12,14-16,22H,6,13H2,1-5H3,(H,26,30). The van der Waals surface area contributed by atoms with E-state index in [2.05, 4.69) is 5.32 Å². The van der Waals surface area contributed by atoms with Gasteiger partial charge in [0.1, 0.15) is 0 Å². The van der Waals surface area contributed by atoms with Crippen molar-refractivity contribution in [3.8, 4) is 11.1 Å². The summed E-state index contributed by atoms with van der Waals surface area (Å²) in [5.74, 6) is -0.406. The SMILES string of the molecule is CCOC(=O)c1ccc(-c2ccc3c(c2)C(NC(=O)OC(C)C)CC(C)N3C(C)=O)cc1. The maximum absolute atomic E-state index is 12.3. The summed E-state index contributed by atoms with van der Waals surface area (Å²) >= 11 is 0. The van der Waals surface area contributed by atoms with E-state index in [9.17, 15) is 14.4 Å².